The van der Waals surface area contributed by atoms with Crippen LogP contribution in [0.25, 0.3) is 11.3 Å². The van der Waals surface area contributed by atoms with Crippen molar-refractivity contribution in [3.8, 4) is 11.3 Å². The van der Waals surface area contributed by atoms with Crippen LogP contribution in [0, 0.1) is 0 Å². The first kappa shape index (κ1) is 20.8. The predicted octanol–water partition coefficient (Wildman–Crippen LogP) is 4.04. The Kier molecular flexibility index (Phi) is 4.84. The fraction of sp³-hybridized carbons (Fsp3) is 0.524. The Bertz CT molecular complexity index is 966. The van der Waals surface area contributed by atoms with Crippen molar-refractivity contribution in [1.82, 2.24) is 14.9 Å². The van der Waals surface area contributed by atoms with Gasteiger partial charge in [-0.3, -0.25) is 9.53 Å². The van der Waals surface area contributed by atoms with Gasteiger partial charge in [0, 0.05) is 35.2 Å². The molecule has 2 bridgehead atoms. The fourth-order valence-corrected chi connectivity index (χ4v) is 5.08. The van der Waals surface area contributed by atoms with Crippen molar-refractivity contribution in [3.63, 3.8) is 0 Å². The maximum atomic E-state index is 12.2. The molecule has 0 radical (unpaired) electrons. The first-order chi connectivity index (χ1) is 14.6. The normalized spacial score (nSPS) is 31.4. The van der Waals surface area contributed by atoms with E-state index in [9.17, 15) is 18.0 Å². The van der Waals surface area contributed by atoms with E-state index in [4.69, 9.17) is 16.3 Å². The molecule has 6 nitrogen and oxygen atoms in total. The van der Waals surface area contributed by atoms with Crippen molar-refractivity contribution in [2.24, 2.45) is 0 Å². The Labute approximate surface area is 181 Å². The number of alkyl halides is 3. The van der Waals surface area contributed by atoms with Gasteiger partial charge in [0.15, 0.2) is 0 Å². The van der Waals surface area contributed by atoms with Crippen LogP contribution in [0.5, 0.6) is 0 Å². The number of imidazole rings is 1. The Morgan fingerprint density at radius 3 is 2.52 bits per heavy atom. The second-order valence-electron chi connectivity index (χ2n) is 8.85. The largest absolute Gasteiger partial charge is 0.522 e. The third-order valence-electron chi connectivity index (χ3n) is 6.48. The van der Waals surface area contributed by atoms with Crippen molar-refractivity contribution >= 4 is 17.5 Å². The Hall–Kier alpha value is -2.10. The molecule has 0 saturated heterocycles. The van der Waals surface area contributed by atoms with E-state index in [2.05, 4.69) is 19.6 Å². The molecule has 0 spiro atoms. The molecule has 4 aliphatic rings. The van der Waals surface area contributed by atoms with Crippen molar-refractivity contribution in [2.45, 2.75) is 61.8 Å². The number of hydrogen-bond donors (Lipinski definition) is 1. The maximum Gasteiger partial charge on any atom is 0.522 e. The van der Waals surface area contributed by atoms with Gasteiger partial charge in [-0.2, -0.15) is 0 Å². The Morgan fingerprint density at radius 1 is 1.19 bits per heavy atom. The number of rotatable bonds is 7. The summed E-state index contributed by atoms with van der Waals surface area (Å²) in [6.45, 7) is -0.149. The topological polar surface area (TPSA) is 65.4 Å². The average Bonchev–Trinajstić information content (AvgIpc) is 3.08. The number of benzene rings is 1. The highest BCUT2D eigenvalue weighted by atomic mass is 35.5. The van der Waals surface area contributed by atoms with Gasteiger partial charge in [0.2, 0.25) is 5.91 Å². The molecule has 4 saturated carbocycles. The molecule has 1 heterocycles. The second-order valence-corrected chi connectivity index (χ2v) is 9.28. The monoisotopic (exact) mass is 455 g/mol. The van der Waals surface area contributed by atoms with Crippen LogP contribution in [0.2, 0.25) is 5.02 Å². The lowest BCUT2D eigenvalue weighted by molar-refractivity contribution is -0.357. The molecule has 4 fully saturated rings. The highest BCUT2D eigenvalue weighted by molar-refractivity contribution is 6.30. The smallest absolute Gasteiger partial charge is 0.368 e. The van der Waals surface area contributed by atoms with Crippen LogP contribution in [0.1, 0.15) is 32.1 Å². The van der Waals surface area contributed by atoms with E-state index in [1.54, 1.807) is 0 Å². The molecular formula is C21H21ClF3N3O3. The SMILES string of the molecule is O=C(CO[C@H]1C[C@H](OC(F)(F)F)C1)NC12CC(n3cnc(-c4ccc(Cl)cc4)c3)(C1)C2. The fourth-order valence-electron chi connectivity index (χ4n) is 4.96. The van der Waals surface area contributed by atoms with E-state index in [1.165, 1.54) is 0 Å². The summed E-state index contributed by atoms with van der Waals surface area (Å²) in [5.41, 5.74) is 1.64. The van der Waals surface area contributed by atoms with Gasteiger partial charge in [-0.05, 0) is 31.4 Å². The molecule has 1 aromatic carbocycles. The number of aromatic nitrogens is 2. The standard InChI is InChI=1S/C21H21ClF3N3O3/c22-14-3-1-13(2-4-14)17-7-28(12-26-17)20-9-19(10-20,11-20)27-18(29)8-30-15-5-16(6-15)31-21(23,24)25/h1-4,7,12,15-16H,5-6,8-11H2,(H,27,29)/t15-,16-,19?,20?. The van der Waals surface area contributed by atoms with Crippen LogP contribution in [-0.2, 0) is 19.8 Å². The van der Waals surface area contributed by atoms with Crippen molar-refractivity contribution in [1.29, 1.82) is 0 Å². The molecule has 1 aromatic heterocycles. The maximum absolute atomic E-state index is 12.2. The summed E-state index contributed by atoms with van der Waals surface area (Å²) in [6.07, 6.45) is 0.759. The van der Waals surface area contributed by atoms with Crippen molar-refractivity contribution < 1.29 is 27.4 Å². The third-order valence-corrected chi connectivity index (χ3v) is 6.73. The van der Waals surface area contributed by atoms with Gasteiger partial charge in [0.25, 0.3) is 0 Å². The number of carbonyl (C=O) groups is 1. The second kappa shape index (κ2) is 7.21. The highest BCUT2D eigenvalue weighted by Gasteiger charge is 2.69. The van der Waals surface area contributed by atoms with Crippen LogP contribution in [0.4, 0.5) is 13.2 Å². The summed E-state index contributed by atoms with van der Waals surface area (Å²) in [7, 11) is 0. The van der Waals surface area contributed by atoms with E-state index >= 15 is 0 Å². The number of amides is 1. The van der Waals surface area contributed by atoms with Crippen LogP contribution >= 0.6 is 11.6 Å². The Balaban J connectivity index is 1.06. The number of nitrogens with zero attached hydrogens (tertiary/aromatic N) is 2. The minimum absolute atomic E-state index is 0.0120. The molecule has 0 unspecified atom stereocenters. The molecule has 6 rings (SSSR count). The van der Waals surface area contributed by atoms with Crippen LogP contribution in [0.3, 0.4) is 0 Å². The molecular weight excluding hydrogens is 435 g/mol. The average molecular weight is 456 g/mol. The zero-order chi connectivity index (χ0) is 21.9. The van der Waals surface area contributed by atoms with Gasteiger partial charge in [-0.25, -0.2) is 4.98 Å². The van der Waals surface area contributed by atoms with Crippen molar-refractivity contribution in [2.75, 3.05) is 6.61 Å². The quantitative estimate of drug-likeness (QED) is 0.684. The first-order valence-electron chi connectivity index (χ1n) is 10.1. The molecule has 10 heteroatoms. The molecule has 0 atom stereocenters. The summed E-state index contributed by atoms with van der Waals surface area (Å²) < 4.78 is 47.8. The van der Waals surface area contributed by atoms with Gasteiger partial charge in [-0.15, -0.1) is 13.2 Å². The first-order valence-corrected chi connectivity index (χ1v) is 10.5. The zero-order valence-corrected chi connectivity index (χ0v) is 17.2. The summed E-state index contributed by atoms with van der Waals surface area (Å²) in [5.74, 6) is -0.235. The molecule has 1 amide bonds. The Morgan fingerprint density at radius 2 is 1.87 bits per heavy atom. The summed E-state index contributed by atoms with van der Waals surface area (Å²) in [6, 6.07) is 7.52. The van der Waals surface area contributed by atoms with E-state index in [1.807, 2.05) is 36.8 Å². The lowest BCUT2D eigenvalue weighted by atomic mass is 9.44. The molecule has 4 aliphatic carbocycles. The molecule has 166 valence electrons. The molecule has 1 N–H and O–H groups in total. The van der Waals surface area contributed by atoms with E-state index in [0.29, 0.717) is 5.02 Å². The van der Waals surface area contributed by atoms with Crippen LogP contribution in [-0.4, -0.2) is 46.2 Å². The van der Waals surface area contributed by atoms with E-state index in [0.717, 1.165) is 30.5 Å². The molecule has 2 aromatic rings. The minimum atomic E-state index is -4.63. The lowest BCUT2D eigenvalue weighted by Crippen LogP contribution is -2.78. The summed E-state index contributed by atoms with van der Waals surface area (Å²) in [5, 5.41) is 3.70. The summed E-state index contributed by atoms with van der Waals surface area (Å²) >= 11 is 5.94. The molecule has 0 aliphatic heterocycles. The van der Waals surface area contributed by atoms with Gasteiger partial charge >= 0.3 is 6.36 Å². The van der Waals surface area contributed by atoms with Gasteiger partial charge in [-0.1, -0.05) is 23.7 Å². The van der Waals surface area contributed by atoms with Gasteiger partial charge in [0.05, 0.1) is 29.8 Å². The van der Waals surface area contributed by atoms with Crippen LogP contribution < -0.4 is 5.32 Å². The zero-order valence-electron chi connectivity index (χ0n) is 16.5. The van der Waals surface area contributed by atoms with Crippen LogP contribution in [0.15, 0.2) is 36.8 Å². The highest BCUT2D eigenvalue weighted by Crippen LogP contribution is 2.65. The third kappa shape index (κ3) is 4.06. The lowest BCUT2D eigenvalue weighted by Gasteiger charge is -2.70. The van der Waals surface area contributed by atoms with E-state index in [-0.39, 0.29) is 42.5 Å². The number of ether oxygens (including phenoxy) is 2. The molecule has 31 heavy (non-hydrogen) atoms. The van der Waals surface area contributed by atoms with Gasteiger partial charge < -0.3 is 14.6 Å². The van der Waals surface area contributed by atoms with Crippen molar-refractivity contribution in [3.05, 3.63) is 41.8 Å². The van der Waals surface area contributed by atoms with E-state index < -0.39 is 12.5 Å². The summed E-state index contributed by atoms with van der Waals surface area (Å²) in [4.78, 5) is 16.7. The minimum Gasteiger partial charge on any atom is -0.368 e. The number of carbonyl (C=O) groups excluding carboxylic acids is 1. The number of nitrogens with one attached hydrogen (secondary N) is 1. The number of hydrogen-bond acceptors (Lipinski definition) is 4. The van der Waals surface area contributed by atoms with Gasteiger partial charge in [0.1, 0.15) is 6.61 Å². The predicted molar refractivity (Wildman–Crippen MR) is 105 cm³/mol. The number of halogens is 4.